The molecule has 7 heteroatoms. The third-order valence-corrected chi connectivity index (χ3v) is 3.97. The average molecular weight is 307 g/mol. The predicted molar refractivity (Wildman–Crippen MR) is 80.9 cm³/mol. The maximum Gasteiger partial charge on any atom is 0.257 e. The maximum atomic E-state index is 12.1. The molecule has 1 aromatic carbocycles. The molecule has 112 valence electrons. The fourth-order valence-corrected chi connectivity index (χ4v) is 2.52. The van der Waals surface area contributed by atoms with E-state index in [-0.39, 0.29) is 4.90 Å². The molecule has 0 bridgehead atoms. The third-order valence-electron chi connectivity index (χ3n) is 2.70. The molecule has 0 atom stereocenters. The van der Waals surface area contributed by atoms with Crippen molar-refractivity contribution >= 4 is 15.7 Å². The Kier molecular flexibility index (Phi) is 4.66. The van der Waals surface area contributed by atoms with Crippen molar-refractivity contribution in [2.75, 3.05) is 6.61 Å². The number of benzene rings is 1. The normalized spacial score (nSPS) is 11.1. The van der Waals surface area contributed by atoms with Gasteiger partial charge in [-0.2, -0.15) is 0 Å². The Balaban J connectivity index is 2.02. The highest BCUT2D eigenvalue weighted by Crippen LogP contribution is 2.15. The number of ether oxygens (including phenoxy) is 1. The van der Waals surface area contributed by atoms with Gasteiger partial charge in [0, 0.05) is 6.20 Å². The zero-order valence-corrected chi connectivity index (χ0v) is 12.4. The lowest BCUT2D eigenvalue weighted by molar-refractivity contribution is 0.340. The lowest BCUT2D eigenvalue weighted by Crippen LogP contribution is -2.35. The molecule has 21 heavy (non-hydrogen) atoms. The summed E-state index contributed by atoms with van der Waals surface area (Å²) < 4.78 is 29.5. The van der Waals surface area contributed by atoms with E-state index >= 15 is 0 Å². The van der Waals surface area contributed by atoms with Crippen LogP contribution >= 0.6 is 0 Å². The minimum atomic E-state index is -3.67. The van der Waals surface area contributed by atoms with E-state index in [0.717, 1.165) is 0 Å². The van der Waals surface area contributed by atoms with Gasteiger partial charge < -0.3 is 15.1 Å². The number of aromatic amines is 1. The van der Waals surface area contributed by atoms with Crippen molar-refractivity contribution in [1.29, 1.82) is 0 Å². The first kappa shape index (κ1) is 15.1. The van der Waals surface area contributed by atoms with Gasteiger partial charge in [0.2, 0.25) is 0 Å². The monoisotopic (exact) mass is 307 g/mol. The van der Waals surface area contributed by atoms with Gasteiger partial charge in [0.15, 0.2) is 0 Å². The fourth-order valence-electron chi connectivity index (χ4n) is 1.65. The van der Waals surface area contributed by atoms with Gasteiger partial charge in [-0.05, 0) is 43.3 Å². The number of nitrogens with one attached hydrogen (secondary N) is 3. The van der Waals surface area contributed by atoms with Crippen molar-refractivity contribution in [2.45, 2.75) is 11.8 Å². The van der Waals surface area contributed by atoms with Crippen molar-refractivity contribution in [1.82, 2.24) is 15.2 Å². The summed E-state index contributed by atoms with van der Waals surface area (Å²) in [6.45, 7) is 6.14. The Morgan fingerprint density at radius 2 is 2.00 bits per heavy atom. The summed E-state index contributed by atoms with van der Waals surface area (Å²) in [7, 11) is -3.67. The second kappa shape index (κ2) is 6.47. The van der Waals surface area contributed by atoms with Crippen molar-refractivity contribution in [2.24, 2.45) is 0 Å². The number of hydrogen-bond acceptors (Lipinski definition) is 4. The van der Waals surface area contributed by atoms with Gasteiger partial charge in [-0.3, -0.25) is 0 Å². The molecule has 2 rings (SSSR count). The first-order valence-corrected chi connectivity index (χ1v) is 7.84. The van der Waals surface area contributed by atoms with E-state index in [2.05, 4.69) is 21.8 Å². The first-order chi connectivity index (χ1) is 10.0. The number of rotatable bonds is 7. The summed E-state index contributed by atoms with van der Waals surface area (Å²) in [4.78, 5) is 5.33. The first-order valence-electron chi connectivity index (χ1n) is 6.36. The number of hydrogen-bond donors (Lipinski definition) is 3. The van der Waals surface area contributed by atoms with Crippen LogP contribution in [0.2, 0.25) is 0 Å². The van der Waals surface area contributed by atoms with Crippen molar-refractivity contribution in [3.8, 4) is 5.75 Å². The summed E-state index contributed by atoms with van der Waals surface area (Å²) in [5.41, 5.74) is 3.69. The van der Waals surface area contributed by atoms with Gasteiger partial charge in [0.1, 0.15) is 5.75 Å². The van der Waals surface area contributed by atoms with Crippen LogP contribution in [0.3, 0.4) is 0 Å². The van der Waals surface area contributed by atoms with Crippen LogP contribution in [0, 0.1) is 0 Å². The summed E-state index contributed by atoms with van der Waals surface area (Å²) in [6.07, 6.45) is 1.73. The SMILES string of the molecule is C=C(NNS(=O)(=O)c1ccc(OCC)cc1)c1ccc[nH]1. The Hall–Kier alpha value is -2.25. The molecule has 0 fully saturated rings. The van der Waals surface area contributed by atoms with Crippen LogP contribution in [-0.4, -0.2) is 20.0 Å². The molecule has 0 saturated heterocycles. The zero-order valence-electron chi connectivity index (χ0n) is 11.6. The highest BCUT2D eigenvalue weighted by molar-refractivity contribution is 7.89. The molecule has 0 radical (unpaired) electrons. The van der Waals surface area contributed by atoms with E-state index in [1.807, 2.05) is 6.92 Å². The molecule has 0 amide bonds. The highest BCUT2D eigenvalue weighted by Gasteiger charge is 2.14. The number of H-pyrrole nitrogens is 1. The molecule has 0 aliphatic heterocycles. The maximum absolute atomic E-state index is 12.1. The van der Waals surface area contributed by atoms with Crippen molar-refractivity contribution in [3.05, 3.63) is 54.9 Å². The van der Waals surface area contributed by atoms with Gasteiger partial charge in [-0.25, -0.2) is 8.42 Å². The predicted octanol–water partition coefficient (Wildman–Crippen LogP) is 1.87. The van der Waals surface area contributed by atoms with Gasteiger partial charge in [0.25, 0.3) is 10.0 Å². The van der Waals surface area contributed by atoms with Crippen LogP contribution < -0.4 is 15.0 Å². The molecule has 2 aromatic rings. The lowest BCUT2D eigenvalue weighted by Gasteiger charge is -2.11. The smallest absolute Gasteiger partial charge is 0.257 e. The minimum Gasteiger partial charge on any atom is -0.494 e. The van der Waals surface area contributed by atoms with Crippen molar-refractivity contribution < 1.29 is 13.2 Å². The number of hydrazine groups is 1. The fraction of sp³-hybridized carbons (Fsp3) is 0.143. The number of aromatic nitrogens is 1. The van der Waals surface area contributed by atoms with E-state index in [0.29, 0.717) is 23.7 Å². The molecule has 0 unspecified atom stereocenters. The zero-order chi connectivity index (χ0) is 15.3. The van der Waals surface area contributed by atoms with Gasteiger partial charge >= 0.3 is 0 Å². The third kappa shape index (κ3) is 3.87. The minimum absolute atomic E-state index is 0.137. The highest BCUT2D eigenvalue weighted by atomic mass is 32.2. The average Bonchev–Trinajstić information content (AvgIpc) is 3.00. The van der Waals surface area contributed by atoms with Crippen molar-refractivity contribution in [3.63, 3.8) is 0 Å². The van der Waals surface area contributed by atoms with E-state index in [9.17, 15) is 8.42 Å². The summed E-state index contributed by atoms with van der Waals surface area (Å²) in [6, 6.07) is 9.75. The Morgan fingerprint density at radius 1 is 1.29 bits per heavy atom. The molecule has 0 saturated carbocycles. The van der Waals surface area contributed by atoms with Gasteiger partial charge in [-0.15, -0.1) is 4.83 Å². The second-order valence-corrected chi connectivity index (χ2v) is 5.88. The molecule has 0 aliphatic carbocycles. The molecule has 0 spiro atoms. The summed E-state index contributed by atoms with van der Waals surface area (Å²) >= 11 is 0. The topological polar surface area (TPSA) is 83.2 Å². The Labute approximate surface area is 123 Å². The van der Waals surface area contributed by atoms with Gasteiger partial charge in [0.05, 0.1) is 22.9 Å². The number of sulfonamides is 1. The lowest BCUT2D eigenvalue weighted by atomic mass is 10.3. The summed E-state index contributed by atoms with van der Waals surface area (Å²) in [5.74, 6) is 0.625. The molecule has 3 N–H and O–H groups in total. The van der Waals surface area contributed by atoms with E-state index in [4.69, 9.17) is 4.74 Å². The van der Waals surface area contributed by atoms with Gasteiger partial charge in [-0.1, -0.05) is 6.58 Å². The molecular formula is C14H17N3O3S. The van der Waals surface area contributed by atoms with Crippen LogP contribution in [0.25, 0.3) is 5.70 Å². The standard InChI is InChI=1S/C14H17N3O3S/c1-3-20-12-6-8-13(9-7-12)21(18,19)17-16-11(2)14-5-4-10-15-14/h4-10,15-17H,2-3H2,1H3. The molecular weight excluding hydrogens is 290 g/mol. The molecule has 6 nitrogen and oxygen atoms in total. The van der Waals surface area contributed by atoms with Crippen LogP contribution in [0.1, 0.15) is 12.6 Å². The van der Waals surface area contributed by atoms with E-state index in [1.54, 1.807) is 30.5 Å². The van der Waals surface area contributed by atoms with Crippen LogP contribution in [0.5, 0.6) is 5.75 Å². The van der Waals surface area contributed by atoms with E-state index < -0.39 is 10.0 Å². The largest absolute Gasteiger partial charge is 0.494 e. The quantitative estimate of drug-likeness (QED) is 0.682. The van der Waals surface area contributed by atoms with Crippen LogP contribution in [-0.2, 0) is 10.0 Å². The second-order valence-electron chi connectivity index (χ2n) is 4.20. The van der Waals surface area contributed by atoms with Crippen LogP contribution in [0.15, 0.2) is 54.1 Å². The molecule has 1 aromatic heterocycles. The van der Waals surface area contributed by atoms with Crippen LogP contribution in [0.4, 0.5) is 0 Å². The molecule has 1 heterocycles. The van der Waals surface area contributed by atoms with E-state index in [1.165, 1.54) is 12.1 Å². The Morgan fingerprint density at radius 3 is 2.57 bits per heavy atom. The Bertz CT molecular complexity index is 692. The molecule has 0 aliphatic rings. The summed E-state index contributed by atoms with van der Waals surface area (Å²) in [5, 5.41) is 0.